The second-order valence-corrected chi connectivity index (χ2v) is 5.77. The van der Waals surface area contributed by atoms with Gasteiger partial charge in [0.05, 0.1) is 17.2 Å². The van der Waals surface area contributed by atoms with Crippen LogP contribution in [0, 0.1) is 0 Å². The minimum absolute atomic E-state index is 0.154. The van der Waals surface area contributed by atoms with E-state index in [0.717, 1.165) is 11.1 Å². The fourth-order valence-corrected chi connectivity index (χ4v) is 2.94. The average Bonchev–Trinajstić information content (AvgIpc) is 2.87. The summed E-state index contributed by atoms with van der Waals surface area (Å²) in [4.78, 5) is 37.7. The molecule has 1 heterocycles. The van der Waals surface area contributed by atoms with Gasteiger partial charge in [0, 0.05) is 0 Å². The summed E-state index contributed by atoms with van der Waals surface area (Å²) < 4.78 is 0. The molecule has 0 saturated carbocycles. The lowest BCUT2D eigenvalue weighted by atomic mass is 10.0. The first kappa shape index (κ1) is 16.8. The lowest BCUT2D eigenvalue weighted by Crippen LogP contribution is -2.54. The first-order valence-corrected chi connectivity index (χ1v) is 7.65. The molecule has 7 nitrogen and oxygen atoms in total. The first-order valence-electron chi connectivity index (χ1n) is 7.65. The molecule has 0 aromatic heterocycles. The van der Waals surface area contributed by atoms with Crippen LogP contribution in [-0.4, -0.2) is 45.1 Å². The Labute approximate surface area is 143 Å². The molecule has 1 aliphatic rings. The summed E-state index contributed by atoms with van der Waals surface area (Å²) in [6, 6.07) is 12.6. The first-order chi connectivity index (χ1) is 12.0. The number of nitrogens with one attached hydrogen (secondary N) is 1. The zero-order valence-corrected chi connectivity index (χ0v) is 13.3. The van der Waals surface area contributed by atoms with Gasteiger partial charge in [0.2, 0.25) is 0 Å². The molecule has 0 radical (unpaired) electrons. The van der Waals surface area contributed by atoms with Crippen LogP contribution in [0.4, 0.5) is 0 Å². The highest BCUT2D eigenvalue weighted by atomic mass is 16.5. The van der Waals surface area contributed by atoms with Crippen LogP contribution >= 0.6 is 0 Å². The van der Waals surface area contributed by atoms with Crippen molar-refractivity contribution in [1.82, 2.24) is 10.4 Å². The Balaban J connectivity index is 2.03. The van der Waals surface area contributed by atoms with E-state index >= 15 is 0 Å². The number of benzene rings is 2. The van der Waals surface area contributed by atoms with E-state index in [9.17, 15) is 19.5 Å². The number of rotatable bonds is 4. The Hall–Kier alpha value is -3.03. The standard InChI is InChI=1S/C18H16N2O5/c1-10(21)15(16(22)19-25)20-17(23)13-8-7-12(9-14(13)18(20)24)11-5-3-2-4-6-11/h2-10,15,21,25H,1H3,(H,19,22)/t10-,15+/m1/s1. The van der Waals surface area contributed by atoms with Crippen LogP contribution in [-0.2, 0) is 4.79 Å². The molecule has 2 aromatic rings. The number of nitrogens with zero attached hydrogens (tertiary/aromatic N) is 1. The summed E-state index contributed by atoms with van der Waals surface area (Å²) in [6.45, 7) is 1.26. The van der Waals surface area contributed by atoms with E-state index in [-0.39, 0.29) is 11.1 Å². The van der Waals surface area contributed by atoms with Crippen molar-refractivity contribution in [1.29, 1.82) is 0 Å². The summed E-state index contributed by atoms with van der Waals surface area (Å²) in [7, 11) is 0. The Kier molecular flexibility index (Phi) is 4.35. The Morgan fingerprint density at radius 2 is 1.64 bits per heavy atom. The molecule has 7 heteroatoms. The monoisotopic (exact) mass is 340 g/mol. The number of hydrogen-bond acceptors (Lipinski definition) is 5. The molecule has 3 rings (SSSR count). The van der Waals surface area contributed by atoms with Crippen molar-refractivity contribution in [3.63, 3.8) is 0 Å². The number of carbonyl (C=O) groups is 3. The molecule has 128 valence electrons. The molecule has 2 atom stereocenters. The van der Waals surface area contributed by atoms with Gasteiger partial charge in [-0.1, -0.05) is 36.4 Å². The predicted octanol–water partition coefficient (Wildman–Crippen LogP) is 1.20. The average molecular weight is 340 g/mol. The highest BCUT2D eigenvalue weighted by Crippen LogP contribution is 2.30. The van der Waals surface area contributed by atoms with Gasteiger partial charge in [-0.2, -0.15) is 0 Å². The molecule has 0 aliphatic carbocycles. The molecular weight excluding hydrogens is 324 g/mol. The van der Waals surface area contributed by atoms with Gasteiger partial charge < -0.3 is 5.11 Å². The third kappa shape index (κ3) is 2.79. The third-order valence-electron chi connectivity index (χ3n) is 4.14. The molecule has 3 amide bonds. The van der Waals surface area contributed by atoms with Crippen LogP contribution in [0.3, 0.4) is 0 Å². The van der Waals surface area contributed by atoms with E-state index in [4.69, 9.17) is 5.21 Å². The molecule has 0 bridgehead atoms. The van der Waals surface area contributed by atoms with Crippen molar-refractivity contribution in [2.75, 3.05) is 0 Å². The van der Waals surface area contributed by atoms with Gasteiger partial charge in [-0.25, -0.2) is 5.48 Å². The van der Waals surface area contributed by atoms with Gasteiger partial charge >= 0.3 is 0 Å². The minimum Gasteiger partial charge on any atom is -0.391 e. The SMILES string of the molecule is C[C@@H](O)[C@@H](C(=O)NO)N1C(=O)c2ccc(-c3ccccc3)cc2C1=O. The summed E-state index contributed by atoms with van der Waals surface area (Å²) in [5.74, 6) is -2.41. The van der Waals surface area contributed by atoms with Crippen molar-refractivity contribution < 1.29 is 24.7 Å². The van der Waals surface area contributed by atoms with Crippen LogP contribution in [0.1, 0.15) is 27.6 Å². The van der Waals surface area contributed by atoms with E-state index in [1.807, 2.05) is 30.3 Å². The predicted molar refractivity (Wildman–Crippen MR) is 87.8 cm³/mol. The van der Waals surface area contributed by atoms with Crippen molar-refractivity contribution in [2.24, 2.45) is 0 Å². The molecule has 25 heavy (non-hydrogen) atoms. The molecule has 0 spiro atoms. The smallest absolute Gasteiger partial charge is 0.269 e. The fourth-order valence-electron chi connectivity index (χ4n) is 2.94. The number of hydrogen-bond donors (Lipinski definition) is 3. The third-order valence-corrected chi connectivity index (χ3v) is 4.14. The van der Waals surface area contributed by atoms with Gasteiger partial charge in [-0.3, -0.25) is 24.5 Å². The maximum Gasteiger partial charge on any atom is 0.269 e. The van der Waals surface area contributed by atoms with Gasteiger partial charge in [-0.15, -0.1) is 0 Å². The topological polar surface area (TPSA) is 107 Å². The van der Waals surface area contributed by atoms with Crippen molar-refractivity contribution >= 4 is 17.7 Å². The van der Waals surface area contributed by atoms with Gasteiger partial charge in [-0.05, 0) is 30.2 Å². The number of imide groups is 1. The molecule has 2 aromatic carbocycles. The highest BCUT2D eigenvalue weighted by Gasteiger charge is 2.44. The zero-order chi connectivity index (χ0) is 18.1. The maximum atomic E-state index is 12.7. The molecular formula is C18H16N2O5. The lowest BCUT2D eigenvalue weighted by Gasteiger charge is -2.26. The van der Waals surface area contributed by atoms with Crippen LogP contribution in [0.5, 0.6) is 0 Å². The van der Waals surface area contributed by atoms with E-state index < -0.39 is 29.9 Å². The van der Waals surface area contributed by atoms with Gasteiger partial charge in [0.25, 0.3) is 17.7 Å². The van der Waals surface area contributed by atoms with Crippen molar-refractivity contribution in [3.8, 4) is 11.1 Å². The summed E-state index contributed by atoms with van der Waals surface area (Å²) >= 11 is 0. The fraction of sp³-hybridized carbons (Fsp3) is 0.167. The number of hydroxylamine groups is 1. The summed E-state index contributed by atoms with van der Waals surface area (Å²) in [5.41, 5.74) is 3.32. The van der Waals surface area contributed by atoms with Gasteiger partial charge in [0.1, 0.15) is 6.04 Å². The largest absolute Gasteiger partial charge is 0.391 e. The van der Waals surface area contributed by atoms with Crippen molar-refractivity contribution in [3.05, 3.63) is 59.7 Å². The van der Waals surface area contributed by atoms with Crippen LogP contribution in [0.2, 0.25) is 0 Å². The van der Waals surface area contributed by atoms with E-state index in [1.54, 1.807) is 12.1 Å². The zero-order valence-electron chi connectivity index (χ0n) is 13.3. The normalized spacial score (nSPS) is 15.7. The minimum atomic E-state index is -1.52. The maximum absolute atomic E-state index is 12.7. The molecule has 1 aliphatic heterocycles. The number of carbonyl (C=O) groups excluding carboxylic acids is 3. The quantitative estimate of drug-likeness (QED) is 0.440. The molecule has 0 saturated heterocycles. The van der Waals surface area contributed by atoms with Crippen LogP contribution in [0.15, 0.2) is 48.5 Å². The Morgan fingerprint density at radius 1 is 1.00 bits per heavy atom. The van der Waals surface area contributed by atoms with E-state index in [1.165, 1.54) is 18.5 Å². The second kappa shape index (κ2) is 6.46. The van der Waals surface area contributed by atoms with E-state index in [2.05, 4.69) is 0 Å². The number of fused-ring (bicyclic) bond motifs is 1. The molecule has 3 N–H and O–H groups in total. The Morgan fingerprint density at radius 3 is 2.24 bits per heavy atom. The van der Waals surface area contributed by atoms with E-state index in [0.29, 0.717) is 4.90 Å². The number of aliphatic hydroxyl groups excluding tert-OH is 1. The Bertz CT molecular complexity index is 848. The van der Waals surface area contributed by atoms with Crippen LogP contribution in [0.25, 0.3) is 11.1 Å². The number of amides is 3. The lowest BCUT2D eigenvalue weighted by molar-refractivity contribution is -0.136. The van der Waals surface area contributed by atoms with Crippen molar-refractivity contribution in [2.45, 2.75) is 19.1 Å². The highest BCUT2D eigenvalue weighted by molar-refractivity contribution is 6.23. The second-order valence-electron chi connectivity index (χ2n) is 5.77. The molecule has 0 unspecified atom stereocenters. The molecule has 0 fully saturated rings. The summed E-state index contributed by atoms with van der Waals surface area (Å²) in [6.07, 6.45) is -1.34. The van der Waals surface area contributed by atoms with Crippen LogP contribution < -0.4 is 5.48 Å². The number of aliphatic hydroxyl groups is 1. The van der Waals surface area contributed by atoms with Gasteiger partial charge in [0.15, 0.2) is 0 Å². The summed E-state index contributed by atoms with van der Waals surface area (Å²) in [5, 5.41) is 18.6.